The molecule has 14 heteroatoms. The molecule has 0 unspecified atom stereocenters. The van der Waals surface area contributed by atoms with E-state index < -0.39 is 28.5 Å². The second-order valence-electron chi connectivity index (χ2n) is 10.5. The van der Waals surface area contributed by atoms with E-state index in [0.717, 1.165) is 10.4 Å². The van der Waals surface area contributed by atoms with Gasteiger partial charge in [-0.1, -0.05) is 12.1 Å². The van der Waals surface area contributed by atoms with Crippen molar-refractivity contribution in [1.29, 1.82) is 0 Å². The summed E-state index contributed by atoms with van der Waals surface area (Å²) in [5.41, 5.74) is 0.792. The summed E-state index contributed by atoms with van der Waals surface area (Å²) in [5, 5.41) is 16.9. The number of carbonyl (C=O) groups excluding carboxylic acids is 4. The van der Waals surface area contributed by atoms with E-state index in [-0.39, 0.29) is 35.0 Å². The number of nitrogens with one attached hydrogen (secondary N) is 2. The molecule has 12 nitrogen and oxygen atoms in total. The second kappa shape index (κ2) is 13.3. The first-order valence-electron chi connectivity index (χ1n) is 13.1. The van der Waals surface area contributed by atoms with Gasteiger partial charge in [0.15, 0.2) is 0 Å². The van der Waals surface area contributed by atoms with E-state index >= 15 is 0 Å². The Morgan fingerprint density at radius 3 is 2.53 bits per heavy atom. The van der Waals surface area contributed by atoms with Gasteiger partial charge in [-0.15, -0.1) is 23.1 Å². The monoisotopic (exact) mass is 626 g/mol. The molecule has 226 valence electrons. The second-order valence-corrected chi connectivity index (χ2v) is 12.6. The van der Waals surface area contributed by atoms with Gasteiger partial charge in [0.2, 0.25) is 5.91 Å². The van der Waals surface area contributed by atoms with E-state index in [1.165, 1.54) is 54.5 Å². The van der Waals surface area contributed by atoms with Crippen LogP contribution in [0.25, 0.3) is 0 Å². The highest BCUT2D eigenvalue weighted by Gasteiger charge is 2.32. The van der Waals surface area contributed by atoms with Crippen molar-refractivity contribution in [3.63, 3.8) is 0 Å². The van der Waals surface area contributed by atoms with Gasteiger partial charge in [0.1, 0.15) is 10.6 Å². The number of non-ortho nitro benzene ring substituents is 1. The molecular formula is C29H30N4O8S2. The van der Waals surface area contributed by atoms with E-state index in [0.29, 0.717) is 28.5 Å². The van der Waals surface area contributed by atoms with Gasteiger partial charge in [-0.3, -0.25) is 19.7 Å². The van der Waals surface area contributed by atoms with Crippen molar-refractivity contribution in [1.82, 2.24) is 4.90 Å². The molecular weight excluding hydrogens is 596 g/mol. The number of carbonyl (C=O) groups is 4. The van der Waals surface area contributed by atoms with Crippen LogP contribution in [0.1, 0.15) is 51.9 Å². The fourth-order valence-electron chi connectivity index (χ4n) is 4.23. The first kappa shape index (κ1) is 31.5. The van der Waals surface area contributed by atoms with Gasteiger partial charge in [-0.25, -0.2) is 9.59 Å². The van der Waals surface area contributed by atoms with Crippen LogP contribution in [0.4, 0.5) is 21.2 Å². The molecule has 0 spiro atoms. The maximum absolute atomic E-state index is 12.9. The van der Waals surface area contributed by atoms with Crippen LogP contribution >= 0.6 is 23.1 Å². The number of thioether (sulfide) groups is 1. The normalized spacial score (nSPS) is 12.6. The van der Waals surface area contributed by atoms with Crippen LogP contribution in [0, 0.1) is 10.1 Å². The summed E-state index contributed by atoms with van der Waals surface area (Å²) >= 11 is 2.45. The number of thiophene rings is 1. The predicted molar refractivity (Wildman–Crippen MR) is 163 cm³/mol. The number of ether oxygens (including phenoxy) is 2. The van der Waals surface area contributed by atoms with Gasteiger partial charge < -0.3 is 25.0 Å². The zero-order valence-corrected chi connectivity index (χ0v) is 25.6. The minimum atomic E-state index is -0.642. The van der Waals surface area contributed by atoms with Crippen molar-refractivity contribution < 1.29 is 33.6 Å². The van der Waals surface area contributed by atoms with Crippen molar-refractivity contribution in [3.8, 4) is 0 Å². The number of anilines is 2. The van der Waals surface area contributed by atoms with Crippen molar-refractivity contribution in [2.45, 2.75) is 44.2 Å². The van der Waals surface area contributed by atoms with E-state index in [1.807, 2.05) is 0 Å². The van der Waals surface area contributed by atoms with E-state index in [4.69, 9.17) is 9.47 Å². The third-order valence-electron chi connectivity index (χ3n) is 6.13. The number of benzene rings is 2. The third-order valence-corrected chi connectivity index (χ3v) is 8.26. The van der Waals surface area contributed by atoms with Crippen LogP contribution in [-0.4, -0.2) is 58.7 Å². The van der Waals surface area contributed by atoms with Crippen LogP contribution in [0.3, 0.4) is 0 Å². The molecule has 3 amide bonds. The average molecular weight is 627 g/mol. The van der Waals surface area contributed by atoms with Crippen LogP contribution in [0.2, 0.25) is 0 Å². The van der Waals surface area contributed by atoms with Crippen LogP contribution in [-0.2, 0) is 27.2 Å². The van der Waals surface area contributed by atoms with Crippen molar-refractivity contribution >= 4 is 63.4 Å². The Labute approximate surface area is 255 Å². The Hall–Kier alpha value is -4.43. The maximum Gasteiger partial charge on any atom is 0.410 e. The number of nitro groups is 1. The molecule has 4 rings (SSSR count). The molecule has 1 aliphatic rings. The zero-order valence-electron chi connectivity index (χ0n) is 23.9. The van der Waals surface area contributed by atoms with Crippen molar-refractivity contribution in [2.24, 2.45) is 0 Å². The highest BCUT2D eigenvalue weighted by molar-refractivity contribution is 8.00. The minimum absolute atomic E-state index is 0.00942. The topological polar surface area (TPSA) is 157 Å². The molecule has 2 N–H and O–H groups in total. The molecule has 43 heavy (non-hydrogen) atoms. The summed E-state index contributed by atoms with van der Waals surface area (Å²) in [6.07, 6.45) is -0.0359. The molecule has 0 saturated carbocycles. The smallest absolute Gasteiger partial charge is 0.410 e. The maximum atomic E-state index is 12.9. The van der Waals surface area contributed by atoms with Gasteiger partial charge in [0.25, 0.3) is 11.6 Å². The Morgan fingerprint density at radius 1 is 1.09 bits per heavy atom. The lowest BCUT2D eigenvalue weighted by molar-refractivity contribution is -0.384. The van der Waals surface area contributed by atoms with Gasteiger partial charge in [-0.2, -0.15) is 0 Å². The van der Waals surface area contributed by atoms with Crippen LogP contribution in [0.5, 0.6) is 0 Å². The van der Waals surface area contributed by atoms with Crippen LogP contribution in [0.15, 0.2) is 53.4 Å². The zero-order chi connectivity index (χ0) is 31.3. The van der Waals surface area contributed by atoms with Gasteiger partial charge in [-0.05, 0) is 57.0 Å². The molecule has 0 radical (unpaired) electrons. The fraction of sp³-hybridized carbons (Fsp3) is 0.310. The molecule has 0 fully saturated rings. The highest BCUT2D eigenvalue weighted by Crippen LogP contribution is 2.38. The number of hydrogen-bond donors (Lipinski definition) is 2. The van der Waals surface area contributed by atoms with E-state index in [9.17, 15) is 29.3 Å². The third kappa shape index (κ3) is 8.11. The standard InChI is InChI=1S/C29H30N4O8S2/c1-29(2,3)41-28(37)32-12-11-21-22(15-32)43-26(24(21)27(36)40-4)31-23(34)16-42-20-10-6-8-18(14-20)30-25(35)17-7-5-9-19(13-17)33(38)39/h5-10,13-14H,11-12,15-16H2,1-4H3,(H,30,35)(H,31,34). The predicted octanol–water partition coefficient (Wildman–Crippen LogP) is 5.72. The van der Waals surface area contributed by atoms with Gasteiger partial charge in [0, 0.05) is 39.7 Å². The molecule has 2 aromatic carbocycles. The van der Waals surface area contributed by atoms with Crippen molar-refractivity contribution in [2.75, 3.05) is 30.0 Å². The summed E-state index contributed by atoms with van der Waals surface area (Å²) in [4.78, 5) is 64.3. The molecule has 0 saturated heterocycles. The fourth-order valence-corrected chi connectivity index (χ4v) is 6.25. The minimum Gasteiger partial charge on any atom is -0.465 e. The Bertz CT molecular complexity index is 1580. The number of nitro benzene ring substituents is 1. The summed E-state index contributed by atoms with van der Waals surface area (Å²) in [7, 11) is 1.27. The Balaban J connectivity index is 1.41. The number of nitrogens with zero attached hydrogens (tertiary/aromatic N) is 2. The average Bonchev–Trinajstić information content (AvgIpc) is 3.31. The summed E-state index contributed by atoms with van der Waals surface area (Å²) in [6.45, 7) is 5.98. The quantitative estimate of drug-likeness (QED) is 0.138. The van der Waals surface area contributed by atoms with Gasteiger partial charge >= 0.3 is 12.1 Å². The number of fused-ring (bicyclic) bond motifs is 1. The number of methoxy groups -OCH3 is 1. The highest BCUT2D eigenvalue weighted by atomic mass is 32.2. The van der Waals surface area contributed by atoms with Crippen molar-refractivity contribution in [3.05, 3.63) is 80.2 Å². The summed E-state index contributed by atoms with van der Waals surface area (Å²) in [5.74, 6) is -1.43. The molecule has 3 aromatic rings. The molecule has 0 atom stereocenters. The van der Waals surface area contributed by atoms with E-state index in [1.54, 1.807) is 49.9 Å². The summed E-state index contributed by atoms with van der Waals surface area (Å²) < 4.78 is 10.5. The molecule has 2 heterocycles. The largest absolute Gasteiger partial charge is 0.465 e. The first-order valence-corrected chi connectivity index (χ1v) is 14.9. The lowest BCUT2D eigenvalue weighted by Crippen LogP contribution is -2.39. The number of hydrogen-bond acceptors (Lipinski definition) is 10. The number of rotatable bonds is 8. The molecule has 1 aromatic heterocycles. The summed E-state index contributed by atoms with van der Waals surface area (Å²) in [6, 6.07) is 12.2. The van der Waals surface area contributed by atoms with E-state index in [2.05, 4.69) is 10.6 Å². The number of amides is 3. The first-order chi connectivity index (χ1) is 20.3. The number of esters is 1. The SMILES string of the molecule is COC(=O)c1c(NC(=O)CSc2cccc(NC(=O)c3cccc([N+](=O)[O-])c3)c2)sc2c1CCN(C(=O)OC(C)(C)C)C2. The lowest BCUT2D eigenvalue weighted by atomic mass is 10.0. The molecule has 0 aliphatic carbocycles. The Kier molecular flexibility index (Phi) is 9.71. The molecule has 1 aliphatic heterocycles. The Morgan fingerprint density at radius 2 is 1.84 bits per heavy atom. The van der Waals surface area contributed by atoms with Crippen LogP contribution < -0.4 is 10.6 Å². The molecule has 0 bridgehead atoms. The lowest BCUT2D eigenvalue weighted by Gasteiger charge is -2.30. The van der Waals surface area contributed by atoms with Gasteiger partial charge in [0.05, 0.1) is 29.9 Å².